The number of anilines is 1. The van der Waals surface area contributed by atoms with Crippen LogP contribution in [0.25, 0.3) is 0 Å². The van der Waals surface area contributed by atoms with E-state index in [0.717, 1.165) is 23.4 Å². The number of benzene rings is 2. The molecule has 0 aromatic heterocycles. The fraction of sp³-hybridized carbons (Fsp3) is 0.364. The van der Waals surface area contributed by atoms with Crippen molar-refractivity contribution in [3.8, 4) is 0 Å². The van der Waals surface area contributed by atoms with Crippen molar-refractivity contribution < 1.29 is 9.59 Å². The molecule has 0 saturated heterocycles. The Balaban J connectivity index is 1.70. The quantitative estimate of drug-likeness (QED) is 0.758. The van der Waals surface area contributed by atoms with Crippen LogP contribution in [0, 0.1) is 0 Å². The summed E-state index contributed by atoms with van der Waals surface area (Å²) in [6.07, 6.45) is 2.18. The van der Waals surface area contributed by atoms with E-state index >= 15 is 0 Å². The number of nitrogens with one attached hydrogen (secondary N) is 1. The van der Waals surface area contributed by atoms with Gasteiger partial charge in [-0.25, -0.2) is 0 Å². The zero-order valence-electron chi connectivity index (χ0n) is 16.5. The highest BCUT2D eigenvalue weighted by Gasteiger charge is 2.34. The molecule has 0 spiro atoms. The second-order valence-corrected chi connectivity index (χ2v) is 7.84. The van der Waals surface area contributed by atoms with E-state index in [0.29, 0.717) is 17.3 Å². The molecular weight excluding hydrogens is 374 g/mol. The first-order chi connectivity index (χ1) is 13.4. The van der Waals surface area contributed by atoms with Crippen LogP contribution in [0.1, 0.15) is 41.7 Å². The monoisotopic (exact) mass is 399 g/mol. The number of rotatable bonds is 7. The van der Waals surface area contributed by atoms with Gasteiger partial charge < -0.3 is 10.2 Å². The first-order valence-corrected chi connectivity index (χ1v) is 9.86. The Morgan fingerprint density at radius 2 is 1.86 bits per heavy atom. The summed E-state index contributed by atoms with van der Waals surface area (Å²) in [6.45, 7) is 2.37. The summed E-state index contributed by atoms with van der Waals surface area (Å²) in [7, 11) is 3.41. The standard InChI is InChI=1S/C22H26ClN3O2/c1-15(19-9-4-5-10-20(19)23)26(18-11-12-18)14-21(27)24-17-8-6-7-16(13-17)22(28)25(2)3/h4-10,13,15,18H,11-12,14H2,1-3H3,(H,24,27). The summed E-state index contributed by atoms with van der Waals surface area (Å²) < 4.78 is 0. The zero-order chi connectivity index (χ0) is 20.3. The molecule has 0 heterocycles. The maximum absolute atomic E-state index is 12.7. The van der Waals surface area contributed by atoms with Crippen molar-refractivity contribution in [3.63, 3.8) is 0 Å². The van der Waals surface area contributed by atoms with Crippen molar-refractivity contribution in [2.45, 2.75) is 31.8 Å². The average Bonchev–Trinajstić information content (AvgIpc) is 3.50. The molecule has 0 bridgehead atoms. The Morgan fingerprint density at radius 3 is 2.50 bits per heavy atom. The normalized spacial score (nSPS) is 14.6. The zero-order valence-corrected chi connectivity index (χ0v) is 17.2. The highest BCUT2D eigenvalue weighted by atomic mass is 35.5. The average molecular weight is 400 g/mol. The van der Waals surface area contributed by atoms with Crippen molar-refractivity contribution in [2.24, 2.45) is 0 Å². The van der Waals surface area contributed by atoms with Crippen LogP contribution in [0.5, 0.6) is 0 Å². The van der Waals surface area contributed by atoms with Crippen molar-refractivity contribution in [1.29, 1.82) is 0 Å². The maximum Gasteiger partial charge on any atom is 0.253 e. The molecule has 148 valence electrons. The van der Waals surface area contributed by atoms with E-state index in [9.17, 15) is 9.59 Å². The van der Waals surface area contributed by atoms with Gasteiger partial charge >= 0.3 is 0 Å². The van der Waals surface area contributed by atoms with Crippen molar-refractivity contribution in [3.05, 3.63) is 64.7 Å². The Bertz CT molecular complexity index is 864. The minimum atomic E-state index is -0.0970. The summed E-state index contributed by atoms with van der Waals surface area (Å²) in [6, 6.07) is 15.2. The lowest BCUT2D eigenvalue weighted by molar-refractivity contribution is -0.118. The highest BCUT2D eigenvalue weighted by Crippen LogP contribution is 2.36. The Kier molecular flexibility index (Phi) is 6.37. The van der Waals surface area contributed by atoms with E-state index in [1.807, 2.05) is 24.3 Å². The van der Waals surface area contributed by atoms with Crippen molar-refractivity contribution >= 4 is 29.1 Å². The third-order valence-electron chi connectivity index (χ3n) is 4.99. The van der Waals surface area contributed by atoms with Crippen molar-refractivity contribution in [1.82, 2.24) is 9.80 Å². The molecule has 1 saturated carbocycles. The van der Waals surface area contributed by atoms with Gasteiger partial charge in [0.1, 0.15) is 0 Å². The van der Waals surface area contributed by atoms with Gasteiger partial charge in [-0.15, -0.1) is 0 Å². The fourth-order valence-electron chi connectivity index (χ4n) is 3.34. The van der Waals surface area contributed by atoms with Gasteiger partial charge in [0.25, 0.3) is 5.91 Å². The van der Waals surface area contributed by atoms with Gasteiger partial charge in [0.2, 0.25) is 5.91 Å². The summed E-state index contributed by atoms with van der Waals surface area (Å²) >= 11 is 6.36. The Morgan fingerprint density at radius 1 is 1.14 bits per heavy atom. The molecule has 0 aliphatic heterocycles. The molecule has 2 aromatic carbocycles. The van der Waals surface area contributed by atoms with E-state index in [1.165, 1.54) is 4.90 Å². The van der Waals surface area contributed by atoms with Gasteiger partial charge in [-0.1, -0.05) is 35.9 Å². The van der Waals surface area contributed by atoms with Crippen LogP contribution in [-0.4, -0.2) is 48.3 Å². The Labute approximate surface area is 171 Å². The smallest absolute Gasteiger partial charge is 0.253 e. The second-order valence-electron chi connectivity index (χ2n) is 7.43. The molecule has 1 atom stereocenters. The lowest BCUT2D eigenvalue weighted by Crippen LogP contribution is -2.37. The van der Waals surface area contributed by atoms with E-state index < -0.39 is 0 Å². The van der Waals surface area contributed by atoms with E-state index in [2.05, 4.69) is 17.1 Å². The number of halogens is 1. The number of amides is 2. The molecule has 1 unspecified atom stereocenters. The molecule has 6 heteroatoms. The largest absolute Gasteiger partial charge is 0.345 e. The van der Waals surface area contributed by atoms with Crippen LogP contribution >= 0.6 is 11.6 Å². The molecule has 1 aliphatic rings. The highest BCUT2D eigenvalue weighted by molar-refractivity contribution is 6.31. The molecule has 2 aromatic rings. The van der Waals surface area contributed by atoms with Crippen LogP contribution in [0.15, 0.2) is 48.5 Å². The molecule has 1 N–H and O–H groups in total. The first kappa shape index (κ1) is 20.4. The van der Waals surface area contributed by atoms with Gasteiger partial charge in [0.05, 0.1) is 6.54 Å². The second kappa shape index (κ2) is 8.76. The van der Waals surface area contributed by atoms with E-state index in [-0.39, 0.29) is 24.4 Å². The summed E-state index contributed by atoms with van der Waals surface area (Å²) in [4.78, 5) is 28.6. The minimum absolute atomic E-state index is 0.0496. The molecule has 3 rings (SSSR count). The predicted molar refractivity (Wildman–Crippen MR) is 113 cm³/mol. The number of hydrogen-bond acceptors (Lipinski definition) is 3. The fourth-order valence-corrected chi connectivity index (χ4v) is 3.63. The van der Waals surface area contributed by atoms with Crippen LogP contribution in [0.2, 0.25) is 5.02 Å². The molecule has 1 fully saturated rings. The third-order valence-corrected chi connectivity index (χ3v) is 5.34. The number of nitrogens with zero attached hydrogens (tertiary/aromatic N) is 2. The summed E-state index contributed by atoms with van der Waals surface area (Å²) in [5, 5.41) is 3.64. The molecular formula is C22H26ClN3O2. The maximum atomic E-state index is 12.7. The molecule has 2 amide bonds. The number of carbonyl (C=O) groups is 2. The minimum Gasteiger partial charge on any atom is -0.345 e. The van der Waals surface area contributed by atoms with Gasteiger partial charge in [0.15, 0.2) is 0 Å². The molecule has 5 nitrogen and oxygen atoms in total. The summed E-state index contributed by atoms with van der Waals surface area (Å²) in [5.41, 5.74) is 2.20. The van der Waals surface area contributed by atoms with Crippen LogP contribution < -0.4 is 5.32 Å². The van der Waals surface area contributed by atoms with E-state index in [4.69, 9.17) is 11.6 Å². The van der Waals surface area contributed by atoms with Crippen molar-refractivity contribution in [2.75, 3.05) is 26.0 Å². The number of carbonyl (C=O) groups excluding carboxylic acids is 2. The van der Waals surface area contributed by atoms with Gasteiger partial charge in [0, 0.05) is 42.5 Å². The van der Waals surface area contributed by atoms with Gasteiger partial charge in [-0.3, -0.25) is 14.5 Å². The lowest BCUT2D eigenvalue weighted by atomic mass is 10.1. The van der Waals surface area contributed by atoms with Gasteiger partial charge in [-0.05, 0) is 49.6 Å². The molecule has 28 heavy (non-hydrogen) atoms. The topological polar surface area (TPSA) is 52.7 Å². The first-order valence-electron chi connectivity index (χ1n) is 9.48. The van der Waals surface area contributed by atoms with Gasteiger partial charge in [-0.2, -0.15) is 0 Å². The SMILES string of the molecule is CC(c1ccccc1Cl)N(CC(=O)Nc1cccc(C(=O)N(C)C)c1)C1CC1. The predicted octanol–water partition coefficient (Wildman–Crippen LogP) is 4.21. The van der Waals surface area contributed by atoms with Crippen LogP contribution in [0.4, 0.5) is 5.69 Å². The molecule has 0 radical (unpaired) electrons. The molecule has 1 aliphatic carbocycles. The Hall–Kier alpha value is -2.37. The third kappa shape index (κ3) is 4.91. The van der Waals surface area contributed by atoms with Crippen LogP contribution in [-0.2, 0) is 4.79 Å². The van der Waals surface area contributed by atoms with Crippen LogP contribution in [0.3, 0.4) is 0 Å². The number of hydrogen-bond donors (Lipinski definition) is 1. The lowest BCUT2D eigenvalue weighted by Gasteiger charge is -2.29. The summed E-state index contributed by atoms with van der Waals surface area (Å²) in [5.74, 6) is -0.191. The van der Waals surface area contributed by atoms with E-state index in [1.54, 1.807) is 38.4 Å².